The van der Waals surface area contributed by atoms with E-state index in [4.69, 9.17) is 9.47 Å². The first-order valence-corrected chi connectivity index (χ1v) is 10.3. The molecule has 1 aromatic heterocycles. The summed E-state index contributed by atoms with van der Waals surface area (Å²) in [6, 6.07) is 4.33. The number of benzene rings is 1. The van der Waals surface area contributed by atoms with Crippen molar-refractivity contribution in [3.63, 3.8) is 0 Å². The molecule has 0 saturated heterocycles. The SMILES string of the molecule is CCOC(=O)C=c1sc(=Cc2ccc(F)c(Br)c2)c(=O)n1CC(=O)NCCOC. The number of rotatable bonds is 8. The van der Waals surface area contributed by atoms with Gasteiger partial charge < -0.3 is 14.8 Å². The first-order valence-electron chi connectivity index (χ1n) is 8.66. The maximum absolute atomic E-state index is 13.4. The molecule has 1 N–H and O–H groups in total. The first-order chi connectivity index (χ1) is 13.8. The second-order valence-corrected chi connectivity index (χ2v) is 7.67. The molecule has 0 spiro atoms. The summed E-state index contributed by atoms with van der Waals surface area (Å²) in [6.45, 7) is 2.23. The molecule has 1 amide bonds. The van der Waals surface area contributed by atoms with Crippen molar-refractivity contribution >= 4 is 51.3 Å². The van der Waals surface area contributed by atoms with Gasteiger partial charge in [0, 0.05) is 13.7 Å². The molecule has 2 aromatic rings. The molecule has 1 aromatic carbocycles. The molecule has 0 fully saturated rings. The lowest BCUT2D eigenvalue weighted by Gasteiger charge is -2.05. The van der Waals surface area contributed by atoms with E-state index >= 15 is 0 Å². The van der Waals surface area contributed by atoms with Crippen molar-refractivity contribution in [1.82, 2.24) is 9.88 Å². The minimum absolute atomic E-state index is 0.186. The Morgan fingerprint density at radius 1 is 1.38 bits per heavy atom. The Balaban J connectivity index is 2.48. The molecule has 7 nitrogen and oxygen atoms in total. The Kier molecular flexibility index (Phi) is 8.74. The minimum atomic E-state index is -0.613. The Morgan fingerprint density at radius 3 is 2.79 bits per heavy atom. The highest BCUT2D eigenvalue weighted by atomic mass is 79.9. The quantitative estimate of drug-likeness (QED) is 0.439. The van der Waals surface area contributed by atoms with Crippen molar-refractivity contribution < 1.29 is 23.5 Å². The van der Waals surface area contributed by atoms with Crippen LogP contribution in [0.15, 0.2) is 27.5 Å². The number of nitrogens with zero attached hydrogens (tertiary/aromatic N) is 1. The molecule has 0 aliphatic carbocycles. The predicted octanol–water partition coefficient (Wildman–Crippen LogP) is 0.746. The molecule has 0 aliphatic rings. The molecule has 10 heteroatoms. The molecule has 2 rings (SSSR count). The van der Waals surface area contributed by atoms with E-state index in [2.05, 4.69) is 21.2 Å². The molecule has 0 saturated carbocycles. The standard InChI is InChI=1S/C19H20BrFN2O5S/c1-3-28-18(25)10-17-23(11-16(24)22-6-7-27-2)19(26)15(29-17)9-12-4-5-14(21)13(20)8-12/h4-5,8-10H,3,6-7,11H2,1-2H3,(H,22,24). The van der Waals surface area contributed by atoms with E-state index in [0.717, 1.165) is 11.3 Å². The van der Waals surface area contributed by atoms with Crippen LogP contribution < -0.4 is 20.1 Å². The summed E-state index contributed by atoms with van der Waals surface area (Å²) in [6.07, 6.45) is 2.74. The highest BCUT2D eigenvalue weighted by Gasteiger charge is 2.11. The van der Waals surface area contributed by atoms with E-state index in [9.17, 15) is 18.8 Å². The summed E-state index contributed by atoms with van der Waals surface area (Å²) in [7, 11) is 1.51. The molecular weight excluding hydrogens is 467 g/mol. The van der Waals surface area contributed by atoms with E-state index in [1.165, 1.54) is 36.0 Å². The van der Waals surface area contributed by atoms with Crippen LogP contribution in [0, 0.1) is 5.82 Å². The summed E-state index contributed by atoms with van der Waals surface area (Å²) in [5, 5.41) is 2.63. The number of carbonyl (C=O) groups excluding carboxylic acids is 2. The van der Waals surface area contributed by atoms with E-state index in [1.807, 2.05) is 0 Å². The maximum Gasteiger partial charge on any atom is 0.333 e. The number of hydrogen-bond acceptors (Lipinski definition) is 6. The summed E-state index contributed by atoms with van der Waals surface area (Å²) < 4.78 is 25.3. The number of esters is 1. The van der Waals surface area contributed by atoms with Crippen LogP contribution in [0.1, 0.15) is 12.5 Å². The van der Waals surface area contributed by atoms with Crippen molar-refractivity contribution in [3.05, 3.63) is 53.6 Å². The average Bonchev–Trinajstić information content (AvgIpc) is 2.94. The zero-order valence-electron chi connectivity index (χ0n) is 15.9. The van der Waals surface area contributed by atoms with Gasteiger partial charge in [0.25, 0.3) is 5.56 Å². The maximum atomic E-state index is 13.4. The second-order valence-electron chi connectivity index (χ2n) is 5.75. The predicted molar refractivity (Wildman–Crippen MR) is 111 cm³/mol. The molecule has 0 atom stereocenters. The number of methoxy groups -OCH3 is 1. The van der Waals surface area contributed by atoms with Crippen LogP contribution in [-0.2, 0) is 25.6 Å². The molecule has 1 heterocycles. The molecule has 29 heavy (non-hydrogen) atoms. The van der Waals surface area contributed by atoms with Crippen LogP contribution in [0.25, 0.3) is 12.2 Å². The van der Waals surface area contributed by atoms with Crippen molar-refractivity contribution in [1.29, 1.82) is 0 Å². The fourth-order valence-corrected chi connectivity index (χ4v) is 3.75. The van der Waals surface area contributed by atoms with Gasteiger partial charge in [0.1, 0.15) is 17.0 Å². The largest absolute Gasteiger partial charge is 0.463 e. The Morgan fingerprint density at radius 2 is 2.14 bits per heavy atom. The van der Waals surface area contributed by atoms with E-state index in [-0.39, 0.29) is 22.3 Å². The van der Waals surface area contributed by atoms with Crippen LogP contribution in [0.5, 0.6) is 0 Å². The highest BCUT2D eigenvalue weighted by Crippen LogP contribution is 2.17. The van der Waals surface area contributed by atoms with Gasteiger partial charge in [-0.15, -0.1) is 11.3 Å². The van der Waals surface area contributed by atoms with Crippen LogP contribution >= 0.6 is 27.3 Å². The van der Waals surface area contributed by atoms with Gasteiger partial charge in [-0.3, -0.25) is 14.2 Å². The third kappa shape index (κ3) is 6.62. The van der Waals surface area contributed by atoms with Gasteiger partial charge in [-0.05, 0) is 46.6 Å². The zero-order valence-corrected chi connectivity index (χ0v) is 18.3. The summed E-state index contributed by atoms with van der Waals surface area (Å²) in [5.41, 5.74) is 0.156. The Labute approximate surface area is 178 Å². The number of thiazole rings is 1. The van der Waals surface area contributed by atoms with Crippen molar-refractivity contribution in [2.24, 2.45) is 0 Å². The van der Waals surface area contributed by atoms with Crippen molar-refractivity contribution in [3.8, 4) is 0 Å². The van der Waals surface area contributed by atoms with Gasteiger partial charge in [-0.2, -0.15) is 0 Å². The number of nitrogens with one attached hydrogen (secondary N) is 1. The number of ether oxygens (including phenoxy) is 2. The fraction of sp³-hybridized carbons (Fsp3) is 0.316. The molecule has 0 radical (unpaired) electrons. The van der Waals surface area contributed by atoms with Gasteiger partial charge in [0.15, 0.2) is 0 Å². The van der Waals surface area contributed by atoms with Crippen molar-refractivity contribution in [2.45, 2.75) is 13.5 Å². The molecule has 156 valence electrons. The second kappa shape index (κ2) is 11.0. The summed E-state index contributed by atoms with van der Waals surface area (Å²) in [4.78, 5) is 36.8. The van der Waals surface area contributed by atoms with Crippen LogP contribution in [0.4, 0.5) is 4.39 Å². The molecule has 0 bridgehead atoms. The normalized spacial score (nSPS) is 12.3. The first kappa shape index (κ1) is 23.0. The fourth-order valence-electron chi connectivity index (χ4n) is 2.32. The van der Waals surface area contributed by atoms with Gasteiger partial charge in [-0.25, -0.2) is 9.18 Å². The third-order valence-corrected chi connectivity index (χ3v) is 5.30. The lowest BCUT2D eigenvalue weighted by Crippen LogP contribution is -2.39. The van der Waals surface area contributed by atoms with Crippen molar-refractivity contribution in [2.75, 3.05) is 26.9 Å². The number of aromatic nitrogens is 1. The van der Waals surface area contributed by atoms with Crippen LogP contribution in [0.2, 0.25) is 0 Å². The molecular formula is C19H20BrFN2O5S. The minimum Gasteiger partial charge on any atom is -0.463 e. The van der Waals surface area contributed by atoms with E-state index in [1.54, 1.807) is 13.0 Å². The van der Waals surface area contributed by atoms with Crippen LogP contribution in [-0.4, -0.2) is 43.3 Å². The summed E-state index contributed by atoms with van der Waals surface area (Å²) in [5.74, 6) is -1.43. The number of halogens is 2. The smallest absolute Gasteiger partial charge is 0.333 e. The van der Waals surface area contributed by atoms with Gasteiger partial charge in [0.05, 0.1) is 28.3 Å². The Hall–Kier alpha value is -2.30. The Bertz CT molecular complexity index is 1060. The molecule has 0 aliphatic heterocycles. The van der Waals surface area contributed by atoms with Gasteiger partial charge in [-0.1, -0.05) is 6.07 Å². The summed E-state index contributed by atoms with van der Waals surface area (Å²) >= 11 is 4.15. The highest BCUT2D eigenvalue weighted by molar-refractivity contribution is 9.10. The average molecular weight is 487 g/mol. The topological polar surface area (TPSA) is 86.6 Å². The lowest BCUT2D eigenvalue weighted by molar-refractivity contribution is -0.135. The van der Waals surface area contributed by atoms with E-state index < -0.39 is 23.3 Å². The van der Waals surface area contributed by atoms with Gasteiger partial charge in [0.2, 0.25) is 5.91 Å². The number of carbonyl (C=O) groups is 2. The van der Waals surface area contributed by atoms with E-state index in [0.29, 0.717) is 23.2 Å². The monoisotopic (exact) mass is 486 g/mol. The van der Waals surface area contributed by atoms with Crippen LogP contribution in [0.3, 0.4) is 0 Å². The zero-order chi connectivity index (χ0) is 21.4. The number of hydrogen-bond donors (Lipinski definition) is 1. The lowest BCUT2D eigenvalue weighted by atomic mass is 10.2. The third-order valence-electron chi connectivity index (χ3n) is 3.64. The number of amides is 1. The van der Waals surface area contributed by atoms with Gasteiger partial charge >= 0.3 is 5.97 Å². The molecule has 0 unspecified atom stereocenters.